The normalized spacial score (nSPS) is 10.5. The summed E-state index contributed by atoms with van der Waals surface area (Å²) in [7, 11) is 1.50. The topological polar surface area (TPSA) is 106 Å². The predicted octanol–water partition coefficient (Wildman–Crippen LogP) is 5.52. The Balaban J connectivity index is 1.83. The van der Waals surface area contributed by atoms with E-state index in [0.29, 0.717) is 28.8 Å². The molecule has 0 fully saturated rings. The number of benzene rings is 2. The molecule has 0 atom stereocenters. The Morgan fingerprint density at radius 1 is 1.06 bits per heavy atom. The van der Waals surface area contributed by atoms with Crippen molar-refractivity contribution in [1.29, 1.82) is 0 Å². The smallest absolute Gasteiger partial charge is 0.354 e. The van der Waals surface area contributed by atoms with E-state index < -0.39 is 4.92 Å². The Kier molecular flexibility index (Phi) is 6.61. The van der Waals surface area contributed by atoms with Crippen LogP contribution in [0.5, 0.6) is 5.75 Å². The number of methoxy groups -OCH3 is 1. The quantitative estimate of drug-likeness (QED) is 0.269. The van der Waals surface area contributed by atoms with Gasteiger partial charge in [-0.25, -0.2) is 15.0 Å². The number of hydrogen-bond acceptors (Lipinski definition) is 8. The standard InChI is InChI=1S/C23H19ClN6O3/c1-33-19-11-10-17(24)13-18(19)28-22-21(30(31)32)23(27-15-26-22)29(20-9-5-6-12-25-20)14-16-7-3-2-4-8-16/h2-13,15H,14H2,1H3,(H,26,27,28). The first-order chi connectivity index (χ1) is 16.1. The number of nitro groups is 1. The van der Waals surface area contributed by atoms with Crippen LogP contribution >= 0.6 is 11.6 Å². The number of hydrogen-bond donors (Lipinski definition) is 1. The van der Waals surface area contributed by atoms with Crippen molar-refractivity contribution in [3.63, 3.8) is 0 Å². The monoisotopic (exact) mass is 462 g/mol. The molecule has 2 aromatic heterocycles. The highest BCUT2D eigenvalue weighted by atomic mass is 35.5. The van der Waals surface area contributed by atoms with Crippen molar-refractivity contribution in [1.82, 2.24) is 15.0 Å². The van der Waals surface area contributed by atoms with Crippen LogP contribution in [0.2, 0.25) is 5.02 Å². The molecule has 2 heterocycles. The SMILES string of the molecule is COc1ccc(Cl)cc1Nc1ncnc(N(Cc2ccccc2)c2ccccn2)c1[N+](=O)[O-]. The highest BCUT2D eigenvalue weighted by Gasteiger charge is 2.29. The summed E-state index contributed by atoms with van der Waals surface area (Å²) in [5.41, 5.74) is 1.06. The molecule has 0 aliphatic heterocycles. The zero-order valence-electron chi connectivity index (χ0n) is 17.6. The van der Waals surface area contributed by atoms with Crippen molar-refractivity contribution in [2.24, 2.45) is 0 Å². The van der Waals surface area contributed by atoms with Gasteiger partial charge in [0, 0.05) is 11.2 Å². The van der Waals surface area contributed by atoms with E-state index in [1.165, 1.54) is 13.4 Å². The molecule has 0 aliphatic rings. The van der Waals surface area contributed by atoms with Gasteiger partial charge in [-0.3, -0.25) is 10.1 Å². The maximum Gasteiger partial charge on any atom is 0.354 e. The van der Waals surface area contributed by atoms with Crippen LogP contribution in [0, 0.1) is 10.1 Å². The van der Waals surface area contributed by atoms with Gasteiger partial charge in [-0.05, 0) is 35.9 Å². The Morgan fingerprint density at radius 3 is 2.55 bits per heavy atom. The predicted molar refractivity (Wildman–Crippen MR) is 126 cm³/mol. The van der Waals surface area contributed by atoms with Crippen molar-refractivity contribution < 1.29 is 9.66 Å². The van der Waals surface area contributed by atoms with Gasteiger partial charge in [-0.15, -0.1) is 0 Å². The largest absolute Gasteiger partial charge is 0.495 e. The Bertz CT molecular complexity index is 1260. The molecular formula is C23H19ClN6O3. The molecule has 0 bridgehead atoms. The van der Waals surface area contributed by atoms with E-state index in [9.17, 15) is 10.1 Å². The van der Waals surface area contributed by atoms with Gasteiger partial charge in [0.15, 0.2) is 0 Å². The van der Waals surface area contributed by atoms with Gasteiger partial charge in [-0.2, -0.15) is 0 Å². The minimum Gasteiger partial charge on any atom is -0.495 e. The van der Waals surface area contributed by atoms with Gasteiger partial charge in [0.05, 0.1) is 24.3 Å². The zero-order chi connectivity index (χ0) is 23.2. The molecule has 1 N–H and O–H groups in total. The lowest BCUT2D eigenvalue weighted by molar-refractivity contribution is -0.383. The molecule has 0 radical (unpaired) electrons. The molecular weight excluding hydrogens is 444 g/mol. The molecule has 0 spiro atoms. The number of pyridine rings is 1. The summed E-state index contributed by atoms with van der Waals surface area (Å²) >= 11 is 6.12. The fourth-order valence-corrected chi connectivity index (χ4v) is 3.45. The molecule has 2 aromatic carbocycles. The van der Waals surface area contributed by atoms with Crippen molar-refractivity contribution in [3.8, 4) is 5.75 Å². The molecule has 4 aromatic rings. The summed E-state index contributed by atoms with van der Waals surface area (Å²) in [5, 5.41) is 15.6. The summed E-state index contributed by atoms with van der Waals surface area (Å²) in [6.07, 6.45) is 2.89. The third kappa shape index (κ3) is 4.99. The number of aromatic nitrogens is 3. The van der Waals surface area contributed by atoms with E-state index in [4.69, 9.17) is 16.3 Å². The average molecular weight is 463 g/mol. The molecule has 0 aliphatic carbocycles. The number of anilines is 4. The number of ether oxygens (including phenoxy) is 1. The summed E-state index contributed by atoms with van der Waals surface area (Å²) < 4.78 is 5.34. The van der Waals surface area contributed by atoms with Gasteiger partial charge in [0.1, 0.15) is 17.9 Å². The molecule has 10 heteroatoms. The summed E-state index contributed by atoms with van der Waals surface area (Å²) in [4.78, 5) is 26.2. The van der Waals surface area contributed by atoms with Gasteiger partial charge in [0.25, 0.3) is 0 Å². The molecule has 0 saturated carbocycles. The molecule has 0 amide bonds. The van der Waals surface area contributed by atoms with Crippen LogP contribution in [-0.2, 0) is 6.54 Å². The maximum atomic E-state index is 12.2. The Morgan fingerprint density at radius 2 is 1.85 bits per heavy atom. The lowest BCUT2D eigenvalue weighted by Gasteiger charge is -2.23. The lowest BCUT2D eigenvalue weighted by atomic mass is 10.2. The second kappa shape index (κ2) is 9.92. The van der Waals surface area contributed by atoms with Gasteiger partial charge in [0.2, 0.25) is 11.6 Å². The fraction of sp³-hybridized carbons (Fsp3) is 0.0870. The van der Waals surface area contributed by atoms with E-state index in [0.717, 1.165) is 5.56 Å². The number of nitrogens with zero attached hydrogens (tertiary/aromatic N) is 5. The van der Waals surface area contributed by atoms with Crippen LogP contribution < -0.4 is 15.0 Å². The average Bonchev–Trinajstić information content (AvgIpc) is 2.83. The lowest BCUT2D eigenvalue weighted by Crippen LogP contribution is -2.21. The fourth-order valence-electron chi connectivity index (χ4n) is 3.28. The van der Waals surface area contributed by atoms with E-state index in [-0.39, 0.29) is 17.3 Å². The summed E-state index contributed by atoms with van der Waals surface area (Å²) in [6, 6.07) is 19.8. The molecule has 33 heavy (non-hydrogen) atoms. The first-order valence-corrected chi connectivity index (χ1v) is 10.3. The third-order valence-electron chi connectivity index (χ3n) is 4.77. The Labute approximate surface area is 194 Å². The van der Waals surface area contributed by atoms with Gasteiger partial charge >= 0.3 is 5.69 Å². The summed E-state index contributed by atoms with van der Waals surface area (Å²) in [5.74, 6) is 1.06. The first-order valence-electron chi connectivity index (χ1n) is 9.89. The molecule has 9 nitrogen and oxygen atoms in total. The zero-order valence-corrected chi connectivity index (χ0v) is 18.3. The second-order valence-electron chi connectivity index (χ2n) is 6.88. The third-order valence-corrected chi connectivity index (χ3v) is 5.00. The summed E-state index contributed by atoms with van der Waals surface area (Å²) in [6.45, 7) is 0.315. The van der Waals surface area contributed by atoms with E-state index in [2.05, 4.69) is 20.3 Å². The van der Waals surface area contributed by atoms with Crippen LogP contribution in [0.4, 0.5) is 28.8 Å². The maximum absolute atomic E-state index is 12.2. The van der Waals surface area contributed by atoms with E-state index >= 15 is 0 Å². The van der Waals surface area contributed by atoms with Gasteiger partial charge in [-0.1, -0.05) is 48.0 Å². The van der Waals surface area contributed by atoms with Crippen molar-refractivity contribution in [2.45, 2.75) is 6.54 Å². The van der Waals surface area contributed by atoms with Crippen LogP contribution in [0.1, 0.15) is 5.56 Å². The van der Waals surface area contributed by atoms with E-state index in [1.54, 1.807) is 41.4 Å². The van der Waals surface area contributed by atoms with Crippen LogP contribution in [-0.4, -0.2) is 27.0 Å². The highest BCUT2D eigenvalue weighted by Crippen LogP contribution is 2.39. The number of rotatable bonds is 8. The van der Waals surface area contributed by atoms with Crippen LogP contribution in [0.3, 0.4) is 0 Å². The van der Waals surface area contributed by atoms with Gasteiger partial charge < -0.3 is 15.0 Å². The minimum absolute atomic E-state index is 0.000408. The Hall–Kier alpha value is -4.24. The van der Waals surface area contributed by atoms with E-state index in [1.807, 2.05) is 36.4 Å². The second-order valence-corrected chi connectivity index (χ2v) is 7.32. The molecule has 0 saturated heterocycles. The number of halogens is 1. The minimum atomic E-state index is -0.518. The van der Waals surface area contributed by atoms with Crippen molar-refractivity contribution >= 4 is 40.4 Å². The number of nitrogens with one attached hydrogen (secondary N) is 1. The van der Waals surface area contributed by atoms with Crippen molar-refractivity contribution in [3.05, 3.63) is 100.0 Å². The highest BCUT2D eigenvalue weighted by molar-refractivity contribution is 6.31. The molecule has 166 valence electrons. The molecule has 4 rings (SSSR count). The first kappa shape index (κ1) is 22.0. The van der Waals surface area contributed by atoms with Crippen LogP contribution in [0.15, 0.2) is 79.3 Å². The van der Waals surface area contributed by atoms with Crippen LogP contribution in [0.25, 0.3) is 0 Å². The molecule has 0 unspecified atom stereocenters. The van der Waals surface area contributed by atoms with Crippen molar-refractivity contribution in [2.75, 3.05) is 17.3 Å².